The molecule has 0 bridgehead atoms. The summed E-state index contributed by atoms with van der Waals surface area (Å²) in [6.07, 6.45) is 6.48. The molecule has 0 fully saturated rings. The second kappa shape index (κ2) is 7.77. The van der Waals surface area contributed by atoms with Crippen LogP contribution in [0.5, 0.6) is 0 Å². The molecule has 0 radical (unpaired) electrons. The molecule has 1 aromatic heterocycles. The topological polar surface area (TPSA) is 45.2 Å². The van der Waals surface area contributed by atoms with E-state index in [0.29, 0.717) is 5.56 Å². The number of hydrogen-bond acceptors (Lipinski definition) is 3. The molecule has 1 heterocycles. The normalized spacial score (nSPS) is 12.0. The predicted octanol–water partition coefficient (Wildman–Crippen LogP) is 3.16. The summed E-state index contributed by atoms with van der Waals surface area (Å²) < 4.78 is 0. The minimum absolute atomic E-state index is 0.0349. The molecular formula is C15H25N3O. The lowest BCUT2D eigenvalue weighted by atomic mass is 10.1. The van der Waals surface area contributed by atoms with Crippen molar-refractivity contribution in [2.75, 3.05) is 18.9 Å². The molecule has 0 saturated carbocycles. The van der Waals surface area contributed by atoms with Crippen molar-refractivity contribution in [3.63, 3.8) is 0 Å². The van der Waals surface area contributed by atoms with Crippen LogP contribution in [0.4, 0.5) is 5.69 Å². The number of nitrogens with zero attached hydrogens (tertiary/aromatic N) is 2. The third-order valence-electron chi connectivity index (χ3n) is 3.30. The zero-order chi connectivity index (χ0) is 14.3. The lowest BCUT2D eigenvalue weighted by molar-refractivity contribution is 0.0737. The fourth-order valence-electron chi connectivity index (χ4n) is 1.98. The van der Waals surface area contributed by atoms with Gasteiger partial charge in [0.25, 0.3) is 5.91 Å². The number of rotatable bonds is 7. The molecule has 1 rings (SSSR count). The quantitative estimate of drug-likeness (QED) is 0.822. The third-order valence-corrected chi connectivity index (χ3v) is 3.30. The van der Waals surface area contributed by atoms with Gasteiger partial charge in [0.1, 0.15) is 0 Å². The van der Waals surface area contributed by atoms with Crippen LogP contribution in [-0.2, 0) is 0 Å². The molecule has 0 aliphatic heterocycles. The maximum Gasteiger partial charge on any atom is 0.257 e. The number of carbonyl (C=O) groups is 1. The van der Waals surface area contributed by atoms with Gasteiger partial charge in [-0.05, 0) is 25.8 Å². The standard InChI is InChI=1S/C15H25N3O/c1-5-7-12(3)18(4)15(19)13-11-16-10-8-14(13)17-9-6-2/h8,10-12H,5-7,9H2,1-4H3,(H,16,17). The SMILES string of the molecule is CCCNc1ccncc1C(=O)N(C)C(C)CCC. The Bertz CT molecular complexity index is 406. The van der Waals surface area contributed by atoms with Crippen molar-refractivity contribution in [2.45, 2.75) is 46.1 Å². The van der Waals surface area contributed by atoms with Gasteiger partial charge in [-0.1, -0.05) is 20.3 Å². The van der Waals surface area contributed by atoms with Crippen LogP contribution in [0.3, 0.4) is 0 Å². The maximum atomic E-state index is 12.5. The second-order valence-corrected chi connectivity index (χ2v) is 4.90. The van der Waals surface area contributed by atoms with E-state index in [9.17, 15) is 4.79 Å². The number of carbonyl (C=O) groups excluding carboxylic acids is 1. The molecule has 1 atom stereocenters. The molecule has 19 heavy (non-hydrogen) atoms. The van der Waals surface area contributed by atoms with Crippen LogP contribution in [0.1, 0.15) is 50.4 Å². The molecule has 1 aromatic rings. The molecule has 1 unspecified atom stereocenters. The van der Waals surface area contributed by atoms with E-state index in [0.717, 1.165) is 31.5 Å². The number of pyridine rings is 1. The molecule has 0 saturated heterocycles. The van der Waals surface area contributed by atoms with Crippen LogP contribution in [0.15, 0.2) is 18.5 Å². The zero-order valence-electron chi connectivity index (χ0n) is 12.4. The van der Waals surface area contributed by atoms with E-state index in [1.54, 1.807) is 17.3 Å². The molecule has 106 valence electrons. The van der Waals surface area contributed by atoms with E-state index in [4.69, 9.17) is 0 Å². The van der Waals surface area contributed by atoms with Crippen molar-refractivity contribution in [2.24, 2.45) is 0 Å². The Hall–Kier alpha value is -1.58. The molecule has 1 N–H and O–H groups in total. The van der Waals surface area contributed by atoms with Gasteiger partial charge in [-0.2, -0.15) is 0 Å². The monoisotopic (exact) mass is 263 g/mol. The average Bonchev–Trinajstić information content (AvgIpc) is 2.44. The summed E-state index contributed by atoms with van der Waals surface area (Å²) in [4.78, 5) is 18.4. The van der Waals surface area contributed by atoms with Crippen LogP contribution in [0.25, 0.3) is 0 Å². The van der Waals surface area contributed by atoms with Gasteiger partial charge >= 0.3 is 0 Å². The fraction of sp³-hybridized carbons (Fsp3) is 0.600. The first kappa shape index (κ1) is 15.5. The highest BCUT2D eigenvalue weighted by Crippen LogP contribution is 2.17. The Morgan fingerprint density at radius 1 is 1.42 bits per heavy atom. The van der Waals surface area contributed by atoms with Crippen LogP contribution in [-0.4, -0.2) is 35.4 Å². The maximum absolute atomic E-state index is 12.5. The van der Waals surface area contributed by atoms with Gasteiger partial charge in [-0.3, -0.25) is 9.78 Å². The van der Waals surface area contributed by atoms with Crippen molar-refractivity contribution in [3.05, 3.63) is 24.0 Å². The highest BCUT2D eigenvalue weighted by molar-refractivity contribution is 5.99. The summed E-state index contributed by atoms with van der Waals surface area (Å²) in [6.45, 7) is 7.17. The van der Waals surface area contributed by atoms with E-state index >= 15 is 0 Å². The molecular weight excluding hydrogens is 238 g/mol. The molecule has 0 aliphatic rings. The predicted molar refractivity (Wildman–Crippen MR) is 79.5 cm³/mol. The molecule has 4 heteroatoms. The van der Waals surface area contributed by atoms with Gasteiger partial charge < -0.3 is 10.2 Å². The van der Waals surface area contributed by atoms with Gasteiger partial charge in [0, 0.05) is 32.0 Å². The molecule has 1 amide bonds. The van der Waals surface area contributed by atoms with Crippen molar-refractivity contribution in [1.82, 2.24) is 9.88 Å². The van der Waals surface area contributed by atoms with Crippen molar-refractivity contribution >= 4 is 11.6 Å². The first-order valence-electron chi connectivity index (χ1n) is 7.06. The second-order valence-electron chi connectivity index (χ2n) is 4.90. The first-order chi connectivity index (χ1) is 9.11. The minimum Gasteiger partial charge on any atom is -0.384 e. The van der Waals surface area contributed by atoms with Crippen LogP contribution >= 0.6 is 0 Å². The highest BCUT2D eigenvalue weighted by Gasteiger charge is 2.19. The van der Waals surface area contributed by atoms with E-state index in [1.807, 2.05) is 13.1 Å². The zero-order valence-corrected chi connectivity index (χ0v) is 12.4. The summed E-state index contributed by atoms with van der Waals surface area (Å²) in [5, 5.41) is 3.28. The average molecular weight is 263 g/mol. The van der Waals surface area contributed by atoms with E-state index in [2.05, 4.69) is 31.1 Å². The Labute approximate surface area is 116 Å². The smallest absolute Gasteiger partial charge is 0.257 e. The Morgan fingerprint density at radius 3 is 2.79 bits per heavy atom. The van der Waals surface area contributed by atoms with E-state index in [1.165, 1.54) is 0 Å². The van der Waals surface area contributed by atoms with Crippen LogP contribution < -0.4 is 5.32 Å². The molecule has 0 aromatic carbocycles. The van der Waals surface area contributed by atoms with Gasteiger partial charge in [-0.15, -0.1) is 0 Å². The van der Waals surface area contributed by atoms with Gasteiger partial charge in [0.05, 0.1) is 11.3 Å². The van der Waals surface area contributed by atoms with Gasteiger partial charge in [-0.25, -0.2) is 0 Å². The lowest BCUT2D eigenvalue weighted by Crippen LogP contribution is -2.35. The molecule has 0 spiro atoms. The molecule has 0 aliphatic carbocycles. The summed E-state index contributed by atoms with van der Waals surface area (Å²) in [7, 11) is 1.86. The number of nitrogens with one attached hydrogen (secondary N) is 1. The van der Waals surface area contributed by atoms with Crippen molar-refractivity contribution < 1.29 is 4.79 Å². The first-order valence-corrected chi connectivity index (χ1v) is 7.06. The Balaban J connectivity index is 2.86. The van der Waals surface area contributed by atoms with E-state index in [-0.39, 0.29) is 11.9 Å². The summed E-state index contributed by atoms with van der Waals surface area (Å²) >= 11 is 0. The Kier molecular flexibility index (Phi) is 6.33. The minimum atomic E-state index is 0.0349. The fourth-order valence-corrected chi connectivity index (χ4v) is 1.98. The number of amides is 1. The lowest BCUT2D eigenvalue weighted by Gasteiger charge is -2.25. The number of hydrogen-bond donors (Lipinski definition) is 1. The van der Waals surface area contributed by atoms with Crippen LogP contribution in [0.2, 0.25) is 0 Å². The van der Waals surface area contributed by atoms with Crippen molar-refractivity contribution in [3.8, 4) is 0 Å². The van der Waals surface area contributed by atoms with Gasteiger partial charge in [0.15, 0.2) is 0 Å². The third kappa shape index (κ3) is 4.23. The van der Waals surface area contributed by atoms with Crippen LogP contribution in [0, 0.1) is 0 Å². The Morgan fingerprint density at radius 2 is 2.16 bits per heavy atom. The summed E-state index contributed by atoms with van der Waals surface area (Å²) in [5.74, 6) is 0.0349. The number of anilines is 1. The van der Waals surface area contributed by atoms with Gasteiger partial charge in [0.2, 0.25) is 0 Å². The largest absolute Gasteiger partial charge is 0.384 e. The summed E-state index contributed by atoms with van der Waals surface area (Å²) in [5.41, 5.74) is 1.53. The van der Waals surface area contributed by atoms with E-state index < -0.39 is 0 Å². The highest BCUT2D eigenvalue weighted by atomic mass is 16.2. The van der Waals surface area contributed by atoms with Crippen molar-refractivity contribution in [1.29, 1.82) is 0 Å². The number of aromatic nitrogens is 1. The molecule has 4 nitrogen and oxygen atoms in total. The summed E-state index contributed by atoms with van der Waals surface area (Å²) in [6, 6.07) is 2.11.